The van der Waals surface area contributed by atoms with Crippen molar-refractivity contribution in [1.82, 2.24) is 5.32 Å². The average molecular weight is 216 g/mol. The Balaban J connectivity index is 2.36. The van der Waals surface area contributed by atoms with E-state index in [1.165, 1.54) is 0 Å². The maximum absolute atomic E-state index is 11.3. The highest BCUT2D eigenvalue weighted by atomic mass is 16.5. The van der Waals surface area contributed by atoms with Gasteiger partial charge in [0, 0.05) is 0 Å². The third-order valence-electron chi connectivity index (χ3n) is 2.02. The fourth-order valence-electron chi connectivity index (χ4n) is 1.30. The third kappa shape index (κ3) is 3.21. The summed E-state index contributed by atoms with van der Waals surface area (Å²) in [6.45, 7) is -0.267. The molecule has 1 rings (SSSR count). The van der Waals surface area contributed by atoms with Crippen molar-refractivity contribution in [3.63, 3.8) is 0 Å². The lowest BCUT2D eigenvalue weighted by atomic mass is 10.2. The molecule has 2 amide bonds. The minimum atomic E-state index is -1.08. The number of ether oxygens (including phenoxy) is 1. The Morgan fingerprint density at radius 3 is 2.40 bits per heavy atom. The lowest BCUT2D eigenvalue weighted by Crippen LogP contribution is -2.40. The zero-order chi connectivity index (χ0) is 11.4. The Bertz CT molecular complexity index is 291. The predicted octanol–water partition coefficient (Wildman–Crippen LogP) is -1.78. The molecule has 0 unspecified atom stereocenters. The molecule has 0 aromatic carbocycles. The van der Waals surface area contributed by atoms with E-state index in [0.29, 0.717) is 12.8 Å². The Hall–Kier alpha value is -1.63. The molecule has 0 radical (unpaired) electrons. The molecule has 2 atom stereocenters. The number of carbonyl (C=O) groups excluding carboxylic acids is 2. The summed E-state index contributed by atoms with van der Waals surface area (Å²) in [4.78, 5) is 32.1. The summed E-state index contributed by atoms with van der Waals surface area (Å²) in [6.07, 6.45) is -1.11. The number of carbonyl (C=O) groups is 3. The van der Waals surface area contributed by atoms with Crippen molar-refractivity contribution < 1.29 is 24.2 Å². The number of hydrogen-bond donors (Lipinski definition) is 3. The van der Waals surface area contributed by atoms with E-state index in [0.717, 1.165) is 0 Å². The van der Waals surface area contributed by atoms with Crippen molar-refractivity contribution in [3.05, 3.63) is 0 Å². The van der Waals surface area contributed by atoms with E-state index in [2.05, 4.69) is 5.32 Å². The molecule has 1 fully saturated rings. The van der Waals surface area contributed by atoms with E-state index < -0.39 is 30.0 Å². The van der Waals surface area contributed by atoms with Crippen LogP contribution in [0.15, 0.2) is 0 Å². The van der Waals surface area contributed by atoms with Crippen molar-refractivity contribution in [2.24, 2.45) is 5.73 Å². The van der Waals surface area contributed by atoms with Crippen LogP contribution >= 0.6 is 0 Å². The first-order valence-electron chi connectivity index (χ1n) is 4.45. The summed E-state index contributed by atoms with van der Waals surface area (Å²) in [6, 6.07) is 0. The molecule has 0 aliphatic carbocycles. The number of nitrogens with two attached hydrogens (primary N) is 1. The van der Waals surface area contributed by atoms with Gasteiger partial charge in [-0.1, -0.05) is 0 Å². The Kier molecular flexibility index (Phi) is 3.62. The lowest BCUT2D eigenvalue weighted by Gasteiger charge is -2.10. The highest BCUT2D eigenvalue weighted by molar-refractivity contribution is 5.87. The topological polar surface area (TPSA) is 119 Å². The highest BCUT2D eigenvalue weighted by Gasteiger charge is 2.34. The number of amides is 2. The zero-order valence-corrected chi connectivity index (χ0v) is 7.93. The van der Waals surface area contributed by atoms with Crippen LogP contribution in [-0.2, 0) is 19.1 Å². The lowest BCUT2D eigenvalue weighted by molar-refractivity contribution is -0.152. The van der Waals surface area contributed by atoms with Gasteiger partial charge < -0.3 is 20.9 Å². The first kappa shape index (κ1) is 11.4. The monoisotopic (exact) mass is 216 g/mol. The molecule has 1 saturated heterocycles. The van der Waals surface area contributed by atoms with Crippen molar-refractivity contribution in [2.45, 2.75) is 25.0 Å². The summed E-state index contributed by atoms with van der Waals surface area (Å²) >= 11 is 0. The molecule has 0 saturated carbocycles. The molecule has 1 aliphatic rings. The smallest absolute Gasteiger partial charge is 0.332 e. The Morgan fingerprint density at radius 1 is 1.33 bits per heavy atom. The molecule has 4 N–H and O–H groups in total. The van der Waals surface area contributed by atoms with Crippen LogP contribution in [0, 0.1) is 0 Å². The molecule has 84 valence electrons. The third-order valence-corrected chi connectivity index (χ3v) is 2.02. The van der Waals surface area contributed by atoms with Crippen LogP contribution in [0.25, 0.3) is 0 Å². The van der Waals surface area contributed by atoms with Gasteiger partial charge in [-0.2, -0.15) is 0 Å². The fraction of sp³-hybridized carbons (Fsp3) is 0.625. The summed E-state index contributed by atoms with van der Waals surface area (Å²) < 4.78 is 4.95. The maximum Gasteiger partial charge on any atom is 0.332 e. The van der Waals surface area contributed by atoms with Crippen LogP contribution in [0.4, 0.5) is 0 Å². The maximum atomic E-state index is 11.3. The SMILES string of the molecule is NC(=O)CNC(=O)[C@@H]1CC[C@H](C(=O)O)O1. The zero-order valence-electron chi connectivity index (χ0n) is 7.93. The molecule has 1 aliphatic heterocycles. The second kappa shape index (κ2) is 4.74. The van der Waals surface area contributed by atoms with Crippen LogP contribution in [-0.4, -0.2) is 41.6 Å². The van der Waals surface area contributed by atoms with Crippen LogP contribution in [0.1, 0.15) is 12.8 Å². The number of primary amides is 1. The average Bonchev–Trinajstić information content (AvgIpc) is 2.62. The van der Waals surface area contributed by atoms with Crippen LogP contribution in [0.5, 0.6) is 0 Å². The molecule has 7 nitrogen and oxygen atoms in total. The van der Waals surface area contributed by atoms with Crippen molar-refractivity contribution in [2.75, 3.05) is 6.54 Å². The van der Waals surface area contributed by atoms with Gasteiger partial charge in [0.25, 0.3) is 0 Å². The number of hydrogen-bond acceptors (Lipinski definition) is 4. The van der Waals surface area contributed by atoms with Gasteiger partial charge in [-0.15, -0.1) is 0 Å². The van der Waals surface area contributed by atoms with Gasteiger partial charge in [0.05, 0.1) is 6.54 Å². The molecule has 0 bridgehead atoms. The summed E-state index contributed by atoms with van der Waals surface area (Å²) in [5, 5.41) is 10.9. The van der Waals surface area contributed by atoms with E-state index in [9.17, 15) is 14.4 Å². The summed E-state index contributed by atoms with van der Waals surface area (Å²) in [5.74, 6) is -2.24. The minimum absolute atomic E-state index is 0.267. The number of carboxylic acids is 1. The van der Waals surface area contributed by atoms with Crippen molar-refractivity contribution in [1.29, 1.82) is 0 Å². The molecule has 1 heterocycles. The number of rotatable bonds is 4. The largest absolute Gasteiger partial charge is 0.479 e. The molecule has 7 heteroatoms. The van der Waals surface area contributed by atoms with Gasteiger partial charge in [0.2, 0.25) is 11.8 Å². The predicted molar refractivity (Wildman–Crippen MR) is 47.7 cm³/mol. The molecule has 0 aromatic rings. The molecule has 0 spiro atoms. The second-order valence-electron chi connectivity index (χ2n) is 3.21. The van der Waals surface area contributed by atoms with E-state index in [4.69, 9.17) is 15.6 Å². The minimum Gasteiger partial charge on any atom is -0.479 e. The first-order valence-corrected chi connectivity index (χ1v) is 4.45. The van der Waals surface area contributed by atoms with Gasteiger partial charge in [-0.3, -0.25) is 9.59 Å². The van der Waals surface area contributed by atoms with Gasteiger partial charge in [-0.25, -0.2) is 4.79 Å². The van der Waals surface area contributed by atoms with E-state index in [1.54, 1.807) is 0 Å². The van der Waals surface area contributed by atoms with Crippen LogP contribution in [0.3, 0.4) is 0 Å². The van der Waals surface area contributed by atoms with Crippen LogP contribution < -0.4 is 11.1 Å². The molecule has 0 aromatic heterocycles. The van der Waals surface area contributed by atoms with Crippen molar-refractivity contribution in [3.8, 4) is 0 Å². The normalized spacial score (nSPS) is 24.8. The van der Waals surface area contributed by atoms with Crippen molar-refractivity contribution >= 4 is 17.8 Å². The molecular weight excluding hydrogens is 204 g/mol. The van der Waals surface area contributed by atoms with Gasteiger partial charge in [-0.05, 0) is 12.8 Å². The van der Waals surface area contributed by atoms with Crippen LogP contribution in [0.2, 0.25) is 0 Å². The quantitative estimate of drug-likeness (QED) is 0.513. The Labute approximate surface area is 85.6 Å². The van der Waals surface area contributed by atoms with E-state index in [1.807, 2.05) is 0 Å². The second-order valence-corrected chi connectivity index (χ2v) is 3.21. The number of carboxylic acid groups (broad SMARTS) is 1. The molecular formula is C8H12N2O5. The van der Waals surface area contributed by atoms with Gasteiger partial charge in [0.1, 0.15) is 6.10 Å². The summed E-state index contributed by atoms with van der Waals surface area (Å²) in [7, 11) is 0. The number of aliphatic carboxylic acids is 1. The fourth-order valence-corrected chi connectivity index (χ4v) is 1.30. The van der Waals surface area contributed by atoms with Gasteiger partial charge in [0.15, 0.2) is 6.10 Å². The first-order chi connectivity index (χ1) is 7.00. The summed E-state index contributed by atoms with van der Waals surface area (Å²) in [5.41, 5.74) is 4.83. The molecule has 15 heavy (non-hydrogen) atoms. The van der Waals surface area contributed by atoms with E-state index in [-0.39, 0.29) is 6.54 Å². The Morgan fingerprint density at radius 2 is 1.93 bits per heavy atom. The standard InChI is InChI=1S/C8H12N2O5/c9-6(11)3-10-7(12)4-1-2-5(15-4)8(13)14/h4-5H,1-3H2,(H2,9,11)(H,10,12)(H,13,14)/t4-,5+/m0/s1. The highest BCUT2D eigenvalue weighted by Crippen LogP contribution is 2.19. The van der Waals surface area contributed by atoms with Gasteiger partial charge >= 0.3 is 5.97 Å². The van der Waals surface area contributed by atoms with E-state index >= 15 is 0 Å². The number of nitrogens with one attached hydrogen (secondary N) is 1.